The molecule has 5 N–H and O–H groups in total. The first-order valence-corrected chi connectivity index (χ1v) is 8.65. The third-order valence-electron chi connectivity index (χ3n) is 3.54. The van der Waals surface area contributed by atoms with E-state index < -0.39 is 23.9 Å². The van der Waals surface area contributed by atoms with E-state index in [0.29, 0.717) is 0 Å². The Labute approximate surface area is 169 Å². The summed E-state index contributed by atoms with van der Waals surface area (Å²) in [5.41, 5.74) is 0.624. The van der Waals surface area contributed by atoms with E-state index in [2.05, 4.69) is 20.9 Å². The summed E-state index contributed by atoms with van der Waals surface area (Å²) in [5, 5.41) is 25.5. The molecule has 0 spiro atoms. The van der Waals surface area contributed by atoms with Crippen molar-refractivity contribution < 1.29 is 24.6 Å². The molecule has 0 aliphatic carbocycles. The SMILES string of the molecule is O=C(NCc1ccc(O)cc1)NC[C@H](NC(=O)c1c(Cl)cncc1Cl)C(=O)O. The monoisotopic (exact) mass is 426 g/mol. The smallest absolute Gasteiger partial charge is 0.328 e. The predicted molar refractivity (Wildman–Crippen MR) is 101 cm³/mol. The van der Waals surface area contributed by atoms with Crippen molar-refractivity contribution in [1.82, 2.24) is 20.9 Å². The van der Waals surface area contributed by atoms with Gasteiger partial charge in [-0.2, -0.15) is 0 Å². The summed E-state index contributed by atoms with van der Waals surface area (Å²) in [6, 6.07) is 4.15. The second-order valence-electron chi connectivity index (χ2n) is 5.57. The third-order valence-corrected chi connectivity index (χ3v) is 4.11. The Kier molecular flexibility index (Phi) is 7.42. The number of carboxylic acids is 1. The summed E-state index contributed by atoms with van der Waals surface area (Å²) in [6.07, 6.45) is 2.40. The molecule has 148 valence electrons. The van der Waals surface area contributed by atoms with Crippen LogP contribution >= 0.6 is 23.2 Å². The molecule has 0 saturated carbocycles. The highest BCUT2D eigenvalue weighted by atomic mass is 35.5. The number of halogens is 2. The van der Waals surface area contributed by atoms with Gasteiger partial charge < -0.3 is 26.2 Å². The molecule has 1 aromatic heterocycles. The van der Waals surface area contributed by atoms with Crippen molar-refractivity contribution >= 4 is 41.1 Å². The van der Waals surface area contributed by atoms with Gasteiger partial charge in [-0.3, -0.25) is 9.78 Å². The molecule has 0 aliphatic heterocycles. The number of phenolic OH excluding ortho intramolecular Hbond substituents is 1. The Morgan fingerprint density at radius 1 is 1.04 bits per heavy atom. The topological polar surface area (TPSA) is 141 Å². The van der Waals surface area contributed by atoms with Gasteiger partial charge in [0.1, 0.15) is 11.8 Å². The second kappa shape index (κ2) is 9.77. The van der Waals surface area contributed by atoms with Gasteiger partial charge in [-0.05, 0) is 17.7 Å². The first kappa shape index (κ1) is 21.3. The van der Waals surface area contributed by atoms with Crippen molar-refractivity contribution in [3.8, 4) is 5.75 Å². The highest BCUT2D eigenvalue weighted by Gasteiger charge is 2.24. The quantitative estimate of drug-likeness (QED) is 0.456. The molecule has 1 aromatic carbocycles. The van der Waals surface area contributed by atoms with Crippen LogP contribution < -0.4 is 16.0 Å². The van der Waals surface area contributed by atoms with E-state index in [4.69, 9.17) is 23.2 Å². The Bertz CT molecular complexity index is 856. The molecule has 0 unspecified atom stereocenters. The lowest BCUT2D eigenvalue weighted by molar-refractivity contribution is -0.139. The van der Waals surface area contributed by atoms with E-state index in [0.717, 1.165) is 5.56 Å². The number of hydrogen-bond donors (Lipinski definition) is 5. The van der Waals surface area contributed by atoms with Crippen LogP contribution in [0.15, 0.2) is 36.7 Å². The maximum atomic E-state index is 12.3. The van der Waals surface area contributed by atoms with E-state index >= 15 is 0 Å². The number of nitrogens with one attached hydrogen (secondary N) is 3. The Morgan fingerprint density at radius 2 is 1.64 bits per heavy atom. The van der Waals surface area contributed by atoms with Crippen LogP contribution in [-0.2, 0) is 11.3 Å². The van der Waals surface area contributed by atoms with Crippen LogP contribution in [0.1, 0.15) is 15.9 Å². The zero-order valence-corrected chi connectivity index (χ0v) is 15.8. The fraction of sp³-hybridized carbons (Fsp3) is 0.176. The van der Waals surface area contributed by atoms with E-state index in [9.17, 15) is 24.6 Å². The number of nitrogens with zero attached hydrogens (tertiary/aromatic N) is 1. The van der Waals surface area contributed by atoms with Crippen LogP contribution in [-0.4, -0.2) is 45.7 Å². The van der Waals surface area contributed by atoms with E-state index in [1.165, 1.54) is 24.5 Å². The highest BCUT2D eigenvalue weighted by Crippen LogP contribution is 2.22. The molecule has 0 bridgehead atoms. The number of carboxylic acid groups (broad SMARTS) is 1. The molecule has 11 heteroatoms. The predicted octanol–water partition coefficient (Wildman–Crippen LogP) is 1.78. The molecule has 0 radical (unpaired) electrons. The summed E-state index contributed by atoms with van der Waals surface area (Å²) >= 11 is 11.7. The minimum atomic E-state index is -1.41. The van der Waals surface area contributed by atoms with Gasteiger partial charge in [0, 0.05) is 18.9 Å². The van der Waals surface area contributed by atoms with Gasteiger partial charge in [0.15, 0.2) is 0 Å². The Hall–Kier alpha value is -3.04. The summed E-state index contributed by atoms with van der Waals surface area (Å²) in [5.74, 6) is -2.06. The number of carbonyl (C=O) groups excluding carboxylic acids is 2. The average molecular weight is 427 g/mol. The number of aromatic hydroxyl groups is 1. The number of phenols is 1. The summed E-state index contributed by atoms with van der Waals surface area (Å²) in [7, 11) is 0. The molecule has 0 saturated heterocycles. The minimum Gasteiger partial charge on any atom is -0.508 e. The number of hydrogen-bond acceptors (Lipinski definition) is 5. The number of amides is 3. The van der Waals surface area contributed by atoms with Gasteiger partial charge in [-0.1, -0.05) is 35.3 Å². The van der Waals surface area contributed by atoms with E-state index in [1.807, 2.05) is 0 Å². The van der Waals surface area contributed by atoms with Crippen LogP contribution in [0.2, 0.25) is 10.0 Å². The molecule has 1 atom stereocenters. The number of pyridine rings is 1. The van der Waals surface area contributed by atoms with Crippen LogP contribution in [0.5, 0.6) is 5.75 Å². The normalized spacial score (nSPS) is 11.4. The number of urea groups is 1. The van der Waals surface area contributed by atoms with Crippen LogP contribution in [0.3, 0.4) is 0 Å². The summed E-state index contributed by atoms with van der Waals surface area (Å²) < 4.78 is 0. The van der Waals surface area contributed by atoms with Crippen molar-refractivity contribution in [3.63, 3.8) is 0 Å². The summed E-state index contributed by atoms with van der Waals surface area (Å²) in [4.78, 5) is 39.2. The van der Waals surface area contributed by atoms with Gasteiger partial charge in [0.05, 0.1) is 22.2 Å². The van der Waals surface area contributed by atoms with Crippen molar-refractivity contribution in [2.24, 2.45) is 0 Å². The fourth-order valence-electron chi connectivity index (χ4n) is 2.11. The molecule has 0 fully saturated rings. The molecule has 3 amide bonds. The number of rotatable bonds is 7. The van der Waals surface area contributed by atoms with Gasteiger partial charge in [0.25, 0.3) is 5.91 Å². The van der Waals surface area contributed by atoms with Crippen molar-refractivity contribution in [2.45, 2.75) is 12.6 Å². The average Bonchev–Trinajstić information content (AvgIpc) is 2.64. The molecule has 9 nitrogen and oxygen atoms in total. The molecule has 2 aromatic rings. The molecule has 2 rings (SSSR count). The van der Waals surface area contributed by atoms with Gasteiger partial charge in [0.2, 0.25) is 0 Å². The standard InChI is InChI=1S/C17H16Cl2N4O5/c18-11-6-20-7-12(19)14(11)15(25)23-13(16(26)27)8-22-17(28)21-5-9-1-3-10(24)4-2-9/h1-4,6-7,13,24H,5,8H2,(H,23,25)(H,26,27)(H2,21,22,28)/t13-/m0/s1. The lowest BCUT2D eigenvalue weighted by Crippen LogP contribution is -2.50. The Morgan fingerprint density at radius 3 is 2.21 bits per heavy atom. The van der Waals surface area contributed by atoms with Crippen molar-refractivity contribution in [2.75, 3.05) is 6.54 Å². The van der Waals surface area contributed by atoms with Crippen LogP contribution in [0.25, 0.3) is 0 Å². The first-order chi connectivity index (χ1) is 13.3. The largest absolute Gasteiger partial charge is 0.508 e. The molecule has 28 heavy (non-hydrogen) atoms. The molecule has 1 heterocycles. The fourth-order valence-corrected chi connectivity index (χ4v) is 2.65. The van der Waals surface area contributed by atoms with Gasteiger partial charge in [-0.25, -0.2) is 9.59 Å². The van der Waals surface area contributed by atoms with Gasteiger partial charge in [-0.15, -0.1) is 0 Å². The maximum Gasteiger partial charge on any atom is 0.328 e. The number of aromatic nitrogens is 1. The third kappa shape index (κ3) is 6.00. The Balaban J connectivity index is 1.90. The van der Waals surface area contributed by atoms with Gasteiger partial charge >= 0.3 is 12.0 Å². The van der Waals surface area contributed by atoms with Crippen LogP contribution in [0, 0.1) is 0 Å². The van der Waals surface area contributed by atoms with E-state index in [1.54, 1.807) is 12.1 Å². The number of carbonyl (C=O) groups is 3. The number of benzene rings is 1. The lowest BCUT2D eigenvalue weighted by Gasteiger charge is -2.16. The van der Waals surface area contributed by atoms with Crippen molar-refractivity contribution in [3.05, 3.63) is 57.8 Å². The highest BCUT2D eigenvalue weighted by molar-refractivity contribution is 6.39. The zero-order chi connectivity index (χ0) is 20.7. The first-order valence-electron chi connectivity index (χ1n) is 7.90. The molecular formula is C17H16Cl2N4O5. The minimum absolute atomic E-state index is 0.0336. The number of aliphatic carboxylic acids is 1. The molecule has 0 aliphatic rings. The van der Waals surface area contributed by atoms with Crippen LogP contribution in [0.4, 0.5) is 4.79 Å². The maximum absolute atomic E-state index is 12.3. The van der Waals surface area contributed by atoms with Crippen molar-refractivity contribution in [1.29, 1.82) is 0 Å². The van der Waals surface area contributed by atoms with E-state index in [-0.39, 0.29) is 34.4 Å². The lowest BCUT2D eigenvalue weighted by atomic mass is 10.2. The zero-order valence-electron chi connectivity index (χ0n) is 14.3. The second-order valence-corrected chi connectivity index (χ2v) is 6.39. The molecular weight excluding hydrogens is 411 g/mol. The summed E-state index contributed by atoms with van der Waals surface area (Å²) in [6.45, 7) is -0.207.